The Morgan fingerprint density at radius 2 is 1.94 bits per heavy atom. The molecule has 0 aromatic heterocycles. The van der Waals surface area contributed by atoms with Gasteiger partial charge in [-0.05, 0) is 70.1 Å². The third kappa shape index (κ3) is 8.62. The van der Waals surface area contributed by atoms with Crippen LogP contribution >= 0.6 is 11.6 Å². The van der Waals surface area contributed by atoms with E-state index in [9.17, 15) is 26.0 Å². The van der Waals surface area contributed by atoms with E-state index in [1.165, 1.54) is 31.1 Å². The van der Waals surface area contributed by atoms with Crippen LogP contribution in [0.15, 0.2) is 30.0 Å². The van der Waals surface area contributed by atoms with Gasteiger partial charge in [-0.15, -0.1) is 0 Å². The molecule has 1 aromatic rings. The van der Waals surface area contributed by atoms with Gasteiger partial charge in [0.2, 0.25) is 0 Å². The van der Waals surface area contributed by atoms with Gasteiger partial charge in [0.25, 0.3) is 0 Å². The van der Waals surface area contributed by atoms with Gasteiger partial charge in [-0.25, -0.2) is 4.39 Å². The number of allylic oxidation sites excluding steroid dienone is 1. The molecule has 33 heavy (non-hydrogen) atoms. The molecule has 6 nitrogen and oxygen atoms in total. The molecule has 0 amide bonds. The first-order valence-electron chi connectivity index (χ1n) is 10.7. The van der Waals surface area contributed by atoms with E-state index >= 15 is 0 Å². The van der Waals surface area contributed by atoms with Crippen LogP contribution in [0.5, 0.6) is 0 Å². The van der Waals surface area contributed by atoms with Crippen LogP contribution in [0.4, 0.5) is 23.2 Å². The van der Waals surface area contributed by atoms with Crippen molar-refractivity contribution < 1.29 is 30.2 Å². The van der Waals surface area contributed by atoms with E-state index in [1.807, 2.05) is 7.05 Å². The quantitative estimate of drug-likeness (QED) is 0.318. The molecule has 1 atom stereocenters. The smallest absolute Gasteiger partial charge is 0.388 e. The Bertz CT molecular complexity index is 907. The summed E-state index contributed by atoms with van der Waals surface area (Å²) in [5, 5.41) is 2.99. The molecule has 1 fully saturated rings. The molecule has 188 valence electrons. The molecule has 1 aliphatic carbocycles. The third-order valence-electron chi connectivity index (χ3n) is 5.64. The molecule has 1 aliphatic heterocycles. The number of nitrogens with one attached hydrogen (secondary N) is 1. The molecule has 1 heterocycles. The Balaban J connectivity index is 0.000000321. The topological polar surface area (TPSA) is 61.9 Å². The number of rotatable bonds is 7. The molecule has 1 saturated heterocycles. The van der Waals surface area contributed by atoms with E-state index < -0.39 is 15.6 Å². The lowest BCUT2D eigenvalue weighted by Gasteiger charge is -2.31. The average Bonchev–Trinajstić information content (AvgIpc) is 3.27. The van der Waals surface area contributed by atoms with Crippen LogP contribution < -0.4 is 5.32 Å². The van der Waals surface area contributed by atoms with Crippen molar-refractivity contribution in [2.45, 2.75) is 43.7 Å². The van der Waals surface area contributed by atoms with E-state index in [2.05, 4.69) is 19.3 Å². The molecule has 0 radical (unpaired) electrons. The Morgan fingerprint density at radius 1 is 1.27 bits per heavy atom. The summed E-state index contributed by atoms with van der Waals surface area (Å²) in [5.41, 5.74) is -4.57. The van der Waals surface area contributed by atoms with Gasteiger partial charge < -0.3 is 19.3 Å². The summed E-state index contributed by atoms with van der Waals surface area (Å²) >= 11 is 5.48. The van der Waals surface area contributed by atoms with Crippen molar-refractivity contribution >= 4 is 27.4 Å². The summed E-state index contributed by atoms with van der Waals surface area (Å²) in [6, 6.07) is 4.70. The lowest BCUT2D eigenvalue weighted by atomic mass is 9.99. The Hall–Kier alpha value is -1.56. The lowest BCUT2D eigenvalue weighted by Crippen LogP contribution is -2.39. The summed E-state index contributed by atoms with van der Waals surface area (Å²) in [6.45, 7) is 4.15. The highest BCUT2D eigenvalue weighted by Crippen LogP contribution is 2.30. The zero-order valence-electron chi connectivity index (χ0n) is 18.7. The third-order valence-corrected chi connectivity index (χ3v) is 6.93. The highest BCUT2D eigenvalue weighted by atomic mass is 35.5. The molecule has 1 aromatic carbocycles. The number of benzene rings is 1. The molecule has 3 rings (SSSR count). The molecule has 0 saturated carbocycles. The number of likely N-dealkylation sites (tertiary alicyclic amines) is 1. The minimum absolute atomic E-state index is 0.105. The maximum atomic E-state index is 12.5. The number of hydrogen-bond acceptors (Lipinski definition) is 6. The largest absolute Gasteiger partial charge is 0.534 e. The second kappa shape index (κ2) is 12.2. The van der Waals surface area contributed by atoms with Crippen LogP contribution in [0.25, 0.3) is 0 Å². The zero-order chi connectivity index (χ0) is 24.6. The average molecular weight is 516 g/mol. The molecule has 0 spiro atoms. The van der Waals surface area contributed by atoms with Crippen molar-refractivity contribution in [2.75, 3.05) is 45.6 Å². The van der Waals surface area contributed by atoms with Crippen LogP contribution in [-0.4, -0.2) is 70.0 Å². The van der Waals surface area contributed by atoms with Crippen molar-refractivity contribution in [1.82, 2.24) is 9.80 Å². The number of hydrogen-bond donors (Lipinski definition) is 1. The van der Waals surface area contributed by atoms with Gasteiger partial charge in [0.05, 0.1) is 5.02 Å². The van der Waals surface area contributed by atoms with Gasteiger partial charge in [0.1, 0.15) is 11.6 Å². The molecular formula is C21H30ClF4N3O3S. The second-order valence-electron chi connectivity index (χ2n) is 7.99. The SMILES string of the molecule is CN(CCN1CCCC1)C1CC=C(OS(=O)(=O)C(F)(F)F)CC1.CNc1ccc(F)c(Cl)c1. The molecule has 0 bridgehead atoms. The normalized spacial score (nSPS) is 19.6. The molecule has 2 aliphatic rings. The van der Waals surface area contributed by atoms with E-state index in [0.29, 0.717) is 12.8 Å². The number of anilines is 1. The summed E-state index contributed by atoms with van der Waals surface area (Å²) in [5.74, 6) is -0.493. The number of halogens is 5. The Labute approximate surface area is 197 Å². The maximum Gasteiger partial charge on any atom is 0.534 e. The van der Waals surface area contributed by atoms with Gasteiger partial charge in [0.15, 0.2) is 0 Å². The summed E-state index contributed by atoms with van der Waals surface area (Å²) < 4.78 is 75.5. The summed E-state index contributed by atoms with van der Waals surface area (Å²) in [4.78, 5) is 4.59. The predicted molar refractivity (Wildman–Crippen MR) is 121 cm³/mol. The van der Waals surface area contributed by atoms with Crippen LogP contribution in [0, 0.1) is 5.82 Å². The highest BCUT2D eigenvalue weighted by Gasteiger charge is 2.49. The molecule has 12 heteroatoms. The van der Waals surface area contributed by atoms with Crippen LogP contribution in [0.3, 0.4) is 0 Å². The first kappa shape index (κ1) is 27.7. The predicted octanol–water partition coefficient (Wildman–Crippen LogP) is 4.84. The van der Waals surface area contributed by atoms with E-state index in [1.54, 1.807) is 13.1 Å². The monoisotopic (exact) mass is 515 g/mol. The first-order chi connectivity index (χ1) is 15.4. The zero-order valence-corrected chi connectivity index (χ0v) is 20.2. The van der Waals surface area contributed by atoms with Crippen LogP contribution in [0.2, 0.25) is 5.02 Å². The fourth-order valence-corrected chi connectivity index (χ4v) is 4.31. The van der Waals surface area contributed by atoms with Crippen molar-refractivity contribution in [2.24, 2.45) is 0 Å². The second-order valence-corrected chi connectivity index (χ2v) is 9.94. The molecular weight excluding hydrogens is 486 g/mol. The van der Waals surface area contributed by atoms with Gasteiger partial charge >= 0.3 is 15.6 Å². The highest BCUT2D eigenvalue weighted by molar-refractivity contribution is 7.87. The number of nitrogens with zero attached hydrogens (tertiary/aromatic N) is 2. The number of alkyl halides is 3. The minimum Gasteiger partial charge on any atom is -0.388 e. The fourth-order valence-electron chi connectivity index (χ4n) is 3.60. The molecule has 1 N–H and O–H groups in total. The van der Waals surface area contributed by atoms with Crippen molar-refractivity contribution in [3.05, 3.63) is 40.9 Å². The Morgan fingerprint density at radius 3 is 2.45 bits per heavy atom. The maximum absolute atomic E-state index is 12.5. The van der Waals surface area contributed by atoms with Crippen molar-refractivity contribution in [3.63, 3.8) is 0 Å². The van der Waals surface area contributed by atoms with Crippen molar-refractivity contribution in [3.8, 4) is 0 Å². The van der Waals surface area contributed by atoms with Gasteiger partial charge in [-0.3, -0.25) is 0 Å². The van der Waals surface area contributed by atoms with Crippen LogP contribution in [-0.2, 0) is 14.3 Å². The van der Waals surface area contributed by atoms with Gasteiger partial charge in [-0.2, -0.15) is 21.6 Å². The summed E-state index contributed by atoms with van der Waals surface area (Å²) in [6.07, 6.45) is 5.24. The first-order valence-corrected chi connectivity index (χ1v) is 12.5. The van der Waals surface area contributed by atoms with E-state index in [4.69, 9.17) is 11.6 Å². The molecule has 1 unspecified atom stereocenters. The van der Waals surface area contributed by atoms with Crippen LogP contribution in [0.1, 0.15) is 32.1 Å². The minimum atomic E-state index is -5.54. The van der Waals surface area contributed by atoms with E-state index in [-0.39, 0.29) is 29.1 Å². The van der Waals surface area contributed by atoms with Gasteiger partial charge in [0, 0.05) is 38.3 Å². The summed E-state index contributed by atoms with van der Waals surface area (Å²) in [7, 11) is -1.80. The fraction of sp³-hybridized carbons (Fsp3) is 0.619. The number of likely N-dealkylation sites (N-methyl/N-ethyl adjacent to an activating group) is 1. The van der Waals surface area contributed by atoms with Gasteiger partial charge in [-0.1, -0.05) is 11.6 Å². The van der Waals surface area contributed by atoms with E-state index in [0.717, 1.165) is 31.9 Å². The Kier molecular flexibility index (Phi) is 10.3. The lowest BCUT2D eigenvalue weighted by molar-refractivity contribution is -0.0524. The standard InChI is InChI=1S/C14H23F3N2O3S.C7H7ClFN/c1-18(10-11-19-8-2-3-9-19)12-4-6-13(7-5-12)22-23(20,21)14(15,16)17;1-10-5-2-3-7(9)6(8)4-5/h6,12H,2-5,7-11H2,1H3;2-4,10H,1H3. The van der Waals surface area contributed by atoms with Crippen molar-refractivity contribution in [1.29, 1.82) is 0 Å².